The Labute approximate surface area is 156 Å². The normalized spacial score (nSPS) is 10.6. The molecule has 0 amide bonds. The van der Waals surface area contributed by atoms with Crippen LogP contribution in [0.5, 0.6) is 5.75 Å². The molecule has 3 rings (SSSR count). The molecule has 6 heteroatoms. The third-order valence-electron chi connectivity index (χ3n) is 4.24. The van der Waals surface area contributed by atoms with Gasteiger partial charge in [0.1, 0.15) is 5.75 Å². The van der Waals surface area contributed by atoms with Crippen LogP contribution in [-0.2, 0) is 4.74 Å². The van der Waals surface area contributed by atoms with Gasteiger partial charge in [-0.05, 0) is 44.2 Å². The largest absolute Gasteiger partial charge is 0.497 e. The summed E-state index contributed by atoms with van der Waals surface area (Å²) in [5.74, 6) is -0.379. The summed E-state index contributed by atoms with van der Waals surface area (Å²) in [6.45, 7) is 3.36. The summed E-state index contributed by atoms with van der Waals surface area (Å²) in [4.78, 5) is 37.1. The summed E-state index contributed by atoms with van der Waals surface area (Å²) in [6.07, 6.45) is 1.61. The number of nitrogens with zero attached hydrogens (tertiary/aromatic N) is 1. The van der Waals surface area contributed by atoms with Crippen molar-refractivity contribution in [3.05, 3.63) is 71.0 Å². The van der Waals surface area contributed by atoms with Gasteiger partial charge in [0.15, 0.2) is 5.78 Å². The van der Waals surface area contributed by atoms with Crippen molar-refractivity contribution in [1.29, 1.82) is 0 Å². The Kier molecular flexibility index (Phi) is 5.07. The van der Waals surface area contributed by atoms with Crippen molar-refractivity contribution in [3.63, 3.8) is 0 Å². The van der Waals surface area contributed by atoms with Gasteiger partial charge < -0.3 is 13.9 Å². The summed E-state index contributed by atoms with van der Waals surface area (Å²) in [5, 5.41) is 0. The van der Waals surface area contributed by atoms with E-state index in [-0.39, 0.29) is 23.7 Å². The first-order chi connectivity index (χ1) is 13.0. The Hall–Kier alpha value is -3.41. The van der Waals surface area contributed by atoms with Crippen LogP contribution in [0.15, 0.2) is 48.7 Å². The third kappa shape index (κ3) is 3.46. The number of ketones is 2. The van der Waals surface area contributed by atoms with E-state index in [2.05, 4.69) is 0 Å². The summed E-state index contributed by atoms with van der Waals surface area (Å²) in [7, 11) is 1.53. The highest BCUT2D eigenvalue weighted by atomic mass is 16.5. The van der Waals surface area contributed by atoms with Crippen LogP contribution < -0.4 is 4.74 Å². The van der Waals surface area contributed by atoms with Crippen molar-refractivity contribution in [2.75, 3.05) is 13.7 Å². The van der Waals surface area contributed by atoms with Crippen molar-refractivity contribution in [2.24, 2.45) is 0 Å². The molecule has 0 radical (unpaired) electrons. The minimum atomic E-state index is -0.541. The first-order valence-electron chi connectivity index (χ1n) is 8.48. The molecule has 138 valence electrons. The molecule has 0 spiro atoms. The first kappa shape index (κ1) is 18.4. The van der Waals surface area contributed by atoms with Crippen molar-refractivity contribution in [3.8, 4) is 5.75 Å². The van der Waals surface area contributed by atoms with Crippen LogP contribution >= 0.6 is 0 Å². The molecule has 2 aromatic heterocycles. The molecule has 0 N–H and O–H groups in total. The second-order valence-corrected chi connectivity index (χ2v) is 5.95. The fourth-order valence-electron chi connectivity index (χ4n) is 2.88. The lowest BCUT2D eigenvalue weighted by Gasteiger charge is -2.06. The van der Waals surface area contributed by atoms with Gasteiger partial charge in [0, 0.05) is 17.3 Å². The van der Waals surface area contributed by atoms with E-state index in [1.165, 1.54) is 20.1 Å². The Morgan fingerprint density at radius 3 is 2.48 bits per heavy atom. The van der Waals surface area contributed by atoms with Crippen LogP contribution in [-0.4, -0.2) is 35.7 Å². The number of pyridine rings is 1. The molecule has 0 aliphatic heterocycles. The molecule has 0 saturated carbocycles. The lowest BCUT2D eigenvalue weighted by atomic mass is 10.1. The van der Waals surface area contributed by atoms with E-state index < -0.39 is 5.97 Å². The quantitative estimate of drug-likeness (QED) is 0.493. The fraction of sp³-hybridized carbons (Fsp3) is 0.190. The molecule has 0 saturated heterocycles. The van der Waals surface area contributed by atoms with E-state index in [1.807, 2.05) is 0 Å². The fourth-order valence-corrected chi connectivity index (χ4v) is 2.88. The average Bonchev–Trinajstić information content (AvgIpc) is 3.06. The van der Waals surface area contributed by atoms with Gasteiger partial charge in [-0.1, -0.05) is 12.1 Å². The van der Waals surface area contributed by atoms with Gasteiger partial charge >= 0.3 is 5.97 Å². The topological polar surface area (TPSA) is 74.1 Å². The highest BCUT2D eigenvalue weighted by molar-refractivity contribution is 6.11. The van der Waals surface area contributed by atoms with Crippen molar-refractivity contribution >= 4 is 23.1 Å². The standard InChI is InChI=1S/C21H19NO5/c1-4-27-21(25)17-12-19(20(24)15-6-5-7-16(10-15)26-3)22-9-8-14(13(2)23)11-18(17)22/h5-12H,4H2,1-3H3. The molecule has 0 fully saturated rings. The number of methoxy groups -OCH3 is 1. The first-order valence-corrected chi connectivity index (χ1v) is 8.48. The summed E-state index contributed by atoms with van der Waals surface area (Å²) < 4.78 is 11.9. The van der Waals surface area contributed by atoms with Gasteiger partial charge in [-0.25, -0.2) is 4.79 Å². The number of carbonyl (C=O) groups excluding carboxylic acids is 3. The SMILES string of the molecule is CCOC(=O)c1cc(C(=O)c2cccc(OC)c2)n2ccc(C(C)=O)cc12. The van der Waals surface area contributed by atoms with Crippen LogP contribution in [0.4, 0.5) is 0 Å². The molecular weight excluding hydrogens is 346 g/mol. The number of hydrogen-bond donors (Lipinski definition) is 0. The Morgan fingerprint density at radius 1 is 1.04 bits per heavy atom. The number of benzene rings is 1. The van der Waals surface area contributed by atoms with Crippen LogP contribution in [0.2, 0.25) is 0 Å². The molecule has 2 heterocycles. The minimum absolute atomic E-state index is 0.130. The third-order valence-corrected chi connectivity index (χ3v) is 4.24. The minimum Gasteiger partial charge on any atom is -0.497 e. The predicted molar refractivity (Wildman–Crippen MR) is 99.8 cm³/mol. The van der Waals surface area contributed by atoms with Crippen LogP contribution in [0.25, 0.3) is 5.52 Å². The van der Waals surface area contributed by atoms with E-state index in [4.69, 9.17) is 9.47 Å². The number of esters is 1. The van der Waals surface area contributed by atoms with Gasteiger partial charge in [0.2, 0.25) is 5.78 Å². The van der Waals surface area contributed by atoms with Gasteiger partial charge in [0.05, 0.1) is 30.5 Å². The number of carbonyl (C=O) groups is 3. The number of hydrogen-bond acceptors (Lipinski definition) is 5. The zero-order chi connectivity index (χ0) is 19.6. The molecule has 0 aliphatic carbocycles. The van der Waals surface area contributed by atoms with E-state index >= 15 is 0 Å². The summed E-state index contributed by atoms with van der Waals surface area (Å²) in [6, 6.07) is 11.5. The maximum atomic E-state index is 13.0. The maximum Gasteiger partial charge on any atom is 0.340 e. The number of aromatic nitrogens is 1. The second kappa shape index (κ2) is 7.45. The van der Waals surface area contributed by atoms with E-state index in [1.54, 1.807) is 53.9 Å². The van der Waals surface area contributed by atoms with Crippen molar-refractivity contribution < 1.29 is 23.9 Å². The second-order valence-electron chi connectivity index (χ2n) is 5.95. The molecule has 3 aromatic rings. The smallest absolute Gasteiger partial charge is 0.340 e. The van der Waals surface area contributed by atoms with Crippen LogP contribution in [0.1, 0.15) is 50.6 Å². The highest BCUT2D eigenvalue weighted by Crippen LogP contribution is 2.23. The lowest BCUT2D eigenvalue weighted by Crippen LogP contribution is -2.06. The zero-order valence-corrected chi connectivity index (χ0v) is 15.3. The van der Waals surface area contributed by atoms with Crippen molar-refractivity contribution in [1.82, 2.24) is 4.40 Å². The molecule has 0 unspecified atom stereocenters. The van der Waals surface area contributed by atoms with E-state index in [0.717, 1.165) is 0 Å². The number of Topliss-reactive ketones (excluding diaryl/α,β-unsaturated/α-hetero) is 1. The number of ether oxygens (including phenoxy) is 2. The van der Waals surface area contributed by atoms with Gasteiger partial charge in [-0.3, -0.25) is 9.59 Å². The molecule has 1 aromatic carbocycles. The Morgan fingerprint density at radius 2 is 1.81 bits per heavy atom. The summed E-state index contributed by atoms with van der Waals surface area (Å²) >= 11 is 0. The Balaban J connectivity index is 2.18. The predicted octanol–water partition coefficient (Wildman–Crippen LogP) is 3.56. The average molecular weight is 365 g/mol. The lowest BCUT2D eigenvalue weighted by molar-refractivity contribution is 0.0528. The number of rotatable bonds is 6. The van der Waals surface area contributed by atoms with Crippen LogP contribution in [0, 0.1) is 0 Å². The van der Waals surface area contributed by atoms with Gasteiger partial charge in [0.25, 0.3) is 0 Å². The van der Waals surface area contributed by atoms with Crippen molar-refractivity contribution in [2.45, 2.75) is 13.8 Å². The molecule has 0 atom stereocenters. The monoisotopic (exact) mass is 365 g/mol. The molecular formula is C21H19NO5. The Bertz CT molecular complexity index is 1050. The molecule has 27 heavy (non-hydrogen) atoms. The van der Waals surface area contributed by atoms with E-state index in [0.29, 0.717) is 28.1 Å². The number of fused-ring (bicyclic) bond motifs is 1. The molecule has 0 aliphatic rings. The highest BCUT2D eigenvalue weighted by Gasteiger charge is 2.22. The summed E-state index contributed by atoms with van der Waals surface area (Å²) in [5.41, 5.74) is 1.88. The van der Waals surface area contributed by atoms with E-state index in [9.17, 15) is 14.4 Å². The van der Waals surface area contributed by atoms with Gasteiger partial charge in [-0.15, -0.1) is 0 Å². The molecule has 0 bridgehead atoms. The molecule has 6 nitrogen and oxygen atoms in total. The van der Waals surface area contributed by atoms with Crippen LogP contribution in [0.3, 0.4) is 0 Å². The van der Waals surface area contributed by atoms with Gasteiger partial charge in [-0.2, -0.15) is 0 Å². The zero-order valence-electron chi connectivity index (χ0n) is 15.3. The maximum absolute atomic E-state index is 13.0.